The van der Waals surface area contributed by atoms with Gasteiger partial charge in [-0.05, 0) is 63.8 Å². The molecule has 0 radical (unpaired) electrons. The van der Waals surface area contributed by atoms with Crippen molar-refractivity contribution in [3.8, 4) is 0 Å². The zero-order valence-corrected chi connectivity index (χ0v) is 15.7. The van der Waals surface area contributed by atoms with E-state index in [1.54, 1.807) is 11.3 Å². The molecular weight excluding hydrogens is 423 g/mol. The number of likely N-dealkylation sites (N-methyl/N-ethyl adjacent to an activating group) is 1. The van der Waals surface area contributed by atoms with E-state index in [4.69, 9.17) is 17.3 Å². The highest BCUT2D eigenvalue weighted by atomic mass is 79.9. The highest BCUT2D eigenvalue weighted by Crippen LogP contribution is 2.31. The maximum Gasteiger partial charge on any atom is 0.0701 e. The zero-order chi connectivity index (χ0) is 14.7. The molecule has 0 bridgehead atoms. The van der Waals surface area contributed by atoms with Crippen LogP contribution in [0.2, 0.25) is 5.02 Å². The lowest BCUT2D eigenvalue weighted by Gasteiger charge is -2.28. The van der Waals surface area contributed by atoms with Crippen LogP contribution in [-0.4, -0.2) is 18.5 Å². The molecule has 0 saturated carbocycles. The van der Waals surface area contributed by atoms with Crippen molar-refractivity contribution in [3.05, 3.63) is 54.1 Å². The van der Waals surface area contributed by atoms with Gasteiger partial charge in [-0.15, -0.1) is 11.3 Å². The van der Waals surface area contributed by atoms with Crippen molar-refractivity contribution >= 4 is 54.8 Å². The van der Waals surface area contributed by atoms with Gasteiger partial charge in [-0.25, -0.2) is 0 Å². The highest BCUT2D eigenvalue weighted by Gasteiger charge is 2.19. The van der Waals surface area contributed by atoms with Crippen LogP contribution in [0.5, 0.6) is 0 Å². The summed E-state index contributed by atoms with van der Waals surface area (Å²) >= 11 is 14.9. The molecule has 0 saturated heterocycles. The maximum atomic E-state index is 6.10. The molecule has 2 rings (SSSR count). The Morgan fingerprint density at radius 1 is 1.35 bits per heavy atom. The normalized spacial score (nSPS) is 12.9. The summed E-state index contributed by atoms with van der Waals surface area (Å²) < 4.78 is 2.19. The number of halogens is 3. The fourth-order valence-electron chi connectivity index (χ4n) is 2.14. The van der Waals surface area contributed by atoms with Gasteiger partial charge < -0.3 is 5.73 Å². The highest BCUT2D eigenvalue weighted by molar-refractivity contribution is 9.11. The number of rotatable bonds is 5. The Bertz CT molecular complexity index is 588. The second-order valence-corrected chi connectivity index (χ2v) is 8.17. The standard InChI is InChI=1S/C14H15Br2ClN2S/c1-19(7-9-4-14(16)20-8-9)13(6-18)11-5-10(17)2-3-12(11)15/h2-5,8,13H,6-7,18H2,1H3. The van der Waals surface area contributed by atoms with Crippen molar-refractivity contribution < 1.29 is 0 Å². The van der Waals surface area contributed by atoms with Gasteiger partial charge in [0.2, 0.25) is 0 Å². The molecule has 2 N–H and O–H groups in total. The fraction of sp³-hybridized carbons (Fsp3) is 0.286. The molecule has 0 aliphatic heterocycles. The van der Waals surface area contributed by atoms with Crippen LogP contribution in [0.1, 0.15) is 17.2 Å². The first-order valence-corrected chi connectivity index (χ1v) is 8.93. The van der Waals surface area contributed by atoms with E-state index in [1.165, 1.54) is 5.56 Å². The summed E-state index contributed by atoms with van der Waals surface area (Å²) in [5, 5.41) is 2.88. The first-order chi connectivity index (χ1) is 9.51. The SMILES string of the molecule is CN(Cc1csc(Br)c1)C(CN)c1cc(Cl)ccc1Br. The third-order valence-corrected chi connectivity index (χ3v) is 5.64. The molecule has 0 amide bonds. The Morgan fingerprint density at radius 2 is 2.10 bits per heavy atom. The maximum absolute atomic E-state index is 6.10. The molecular formula is C14H15Br2ClN2S. The monoisotopic (exact) mass is 436 g/mol. The molecule has 0 aliphatic rings. The van der Waals surface area contributed by atoms with Crippen molar-refractivity contribution in [2.24, 2.45) is 5.73 Å². The number of hydrogen-bond acceptors (Lipinski definition) is 3. The minimum Gasteiger partial charge on any atom is -0.329 e. The molecule has 1 heterocycles. The van der Waals surface area contributed by atoms with Gasteiger partial charge in [-0.1, -0.05) is 27.5 Å². The van der Waals surface area contributed by atoms with Gasteiger partial charge in [0.1, 0.15) is 0 Å². The number of nitrogens with two attached hydrogens (primary N) is 1. The Labute approximate surface area is 145 Å². The van der Waals surface area contributed by atoms with Crippen molar-refractivity contribution in [3.63, 3.8) is 0 Å². The smallest absolute Gasteiger partial charge is 0.0701 e. The lowest BCUT2D eigenvalue weighted by Crippen LogP contribution is -2.30. The minimum atomic E-state index is 0.127. The average molecular weight is 439 g/mol. The molecule has 1 aromatic carbocycles. The quantitative estimate of drug-likeness (QED) is 0.707. The topological polar surface area (TPSA) is 29.3 Å². The van der Waals surface area contributed by atoms with Crippen molar-refractivity contribution in [2.45, 2.75) is 12.6 Å². The summed E-state index contributed by atoms with van der Waals surface area (Å²) in [5.74, 6) is 0. The van der Waals surface area contributed by atoms with Crippen LogP contribution in [-0.2, 0) is 6.54 Å². The van der Waals surface area contributed by atoms with E-state index in [9.17, 15) is 0 Å². The van der Waals surface area contributed by atoms with Gasteiger partial charge in [-0.2, -0.15) is 0 Å². The van der Waals surface area contributed by atoms with Crippen molar-refractivity contribution in [1.29, 1.82) is 0 Å². The van der Waals surface area contributed by atoms with Gasteiger partial charge in [0.25, 0.3) is 0 Å². The Morgan fingerprint density at radius 3 is 2.70 bits per heavy atom. The van der Waals surface area contributed by atoms with E-state index in [0.717, 1.165) is 25.4 Å². The first-order valence-electron chi connectivity index (χ1n) is 6.09. The molecule has 2 nitrogen and oxygen atoms in total. The Kier molecular flexibility index (Phi) is 6.08. The average Bonchev–Trinajstić information content (AvgIpc) is 2.80. The van der Waals surface area contributed by atoms with Crippen LogP contribution < -0.4 is 5.73 Å². The summed E-state index contributed by atoms with van der Waals surface area (Å²) in [6.45, 7) is 1.39. The van der Waals surface area contributed by atoms with E-state index < -0.39 is 0 Å². The van der Waals surface area contributed by atoms with Gasteiger partial charge in [0.15, 0.2) is 0 Å². The largest absolute Gasteiger partial charge is 0.329 e. The van der Waals surface area contributed by atoms with Crippen molar-refractivity contribution in [2.75, 3.05) is 13.6 Å². The summed E-state index contributed by atoms with van der Waals surface area (Å²) in [7, 11) is 2.08. The molecule has 0 aliphatic carbocycles. The Hall–Kier alpha value is 0.0900. The Balaban J connectivity index is 2.20. The molecule has 20 heavy (non-hydrogen) atoms. The fourth-order valence-corrected chi connectivity index (χ4v) is 4.03. The molecule has 108 valence electrons. The van der Waals surface area contributed by atoms with E-state index >= 15 is 0 Å². The van der Waals surface area contributed by atoms with E-state index in [1.807, 2.05) is 18.2 Å². The molecule has 1 unspecified atom stereocenters. The van der Waals surface area contributed by atoms with Crippen LogP contribution >= 0.6 is 54.8 Å². The van der Waals surface area contributed by atoms with Gasteiger partial charge >= 0.3 is 0 Å². The summed E-state index contributed by atoms with van der Waals surface area (Å²) in [6.07, 6.45) is 0. The summed E-state index contributed by atoms with van der Waals surface area (Å²) in [4.78, 5) is 2.24. The second-order valence-electron chi connectivity index (χ2n) is 4.59. The third-order valence-electron chi connectivity index (χ3n) is 3.13. The summed E-state index contributed by atoms with van der Waals surface area (Å²) in [5.41, 5.74) is 8.37. The van der Waals surface area contributed by atoms with E-state index in [0.29, 0.717) is 6.54 Å². The van der Waals surface area contributed by atoms with Crippen molar-refractivity contribution in [1.82, 2.24) is 4.90 Å². The lowest BCUT2D eigenvalue weighted by atomic mass is 10.1. The molecule has 0 spiro atoms. The van der Waals surface area contributed by atoms with E-state index in [-0.39, 0.29) is 6.04 Å². The molecule has 6 heteroatoms. The number of thiophene rings is 1. The molecule has 0 fully saturated rings. The predicted octanol–water partition coefficient (Wildman–Crippen LogP) is 5.06. The number of hydrogen-bond donors (Lipinski definition) is 1. The predicted molar refractivity (Wildman–Crippen MR) is 94.4 cm³/mol. The third kappa shape index (κ3) is 4.06. The van der Waals surface area contributed by atoms with Crippen LogP contribution in [0.25, 0.3) is 0 Å². The number of benzene rings is 1. The minimum absolute atomic E-state index is 0.127. The second kappa shape index (κ2) is 7.38. The lowest BCUT2D eigenvalue weighted by molar-refractivity contribution is 0.241. The first kappa shape index (κ1) is 16.5. The summed E-state index contributed by atoms with van der Waals surface area (Å²) in [6, 6.07) is 8.08. The van der Waals surface area contributed by atoms with Crippen LogP contribution in [0.3, 0.4) is 0 Å². The van der Waals surface area contributed by atoms with Gasteiger partial charge in [0, 0.05) is 28.6 Å². The molecule has 2 aromatic rings. The zero-order valence-electron chi connectivity index (χ0n) is 10.9. The van der Waals surface area contributed by atoms with Crippen LogP contribution in [0.4, 0.5) is 0 Å². The van der Waals surface area contributed by atoms with Gasteiger partial charge in [0.05, 0.1) is 3.79 Å². The van der Waals surface area contributed by atoms with Crippen LogP contribution in [0, 0.1) is 0 Å². The molecule has 1 aromatic heterocycles. The number of nitrogens with zero attached hydrogens (tertiary/aromatic N) is 1. The van der Waals surface area contributed by atoms with Crippen LogP contribution in [0.15, 0.2) is 37.9 Å². The van der Waals surface area contributed by atoms with Gasteiger partial charge in [-0.3, -0.25) is 4.90 Å². The van der Waals surface area contributed by atoms with E-state index in [2.05, 4.69) is 55.3 Å². The molecule has 1 atom stereocenters.